The van der Waals surface area contributed by atoms with E-state index in [2.05, 4.69) is 10.00 Å². The van der Waals surface area contributed by atoms with Crippen LogP contribution in [0.2, 0.25) is 5.02 Å². The Balaban J connectivity index is 1.82. The van der Waals surface area contributed by atoms with Crippen LogP contribution in [-0.2, 0) is 17.1 Å². The summed E-state index contributed by atoms with van der Waals surface area (Å²) >= 11 is 6.27. The number of aryl methyl sites for hydroxylation is 1. The molecule has 1 amide bonds. The third-order valence-electron chi connectivity index (χ3n) is 5.09. The van der Waals surface area contributed by atoms with Crippen LogP contribution in [0.25, 0.3) is 0 Å². The van der Waals surface area contributed by atoms with E-state index in [9.17, 15) is 13.2 Å². The lowest BCUT2D eigenvalue weighted by Gasteiger charge is -2.35. The highest BCUT2D eigenvalue weighted by molar-refractivity contribution is 7.89. The fourth-order valence-electron chi connectivity index (χ4n) is 3.49. The number of hydrogen-bond donors (Lipinski definition) is 0. The van der Waals surface area contributed by atoms with E-state index in [4.69, 9.17) is 11.6 Å². The summed E-state index contributed by atoms with van der Waals surface area (Å²) in [5.41, 5.74) is 1.01. The summed E-state index contributed by atoms with van der Waals surface area (Å²) in [6.45, 7) is 6.33. The van der Waals surface area contributed by atoms with Crippen LogP contribution in [0, 0.1) is 0 Å². The van der Waals surface area contributed by atoms with Crippen molar-refractivity contribution in [2.75, 3.05) is 44.2 Å². The van der Waals surface area contributed by atoms with Crippen molar-refractivity contribution in [1.82, 2.24) is 19.0 Å². The number of benzene rings is 1. The Hall–Kier alpha value is -2.10. The van der Waals surface area contributed by atoms with Crippen LogP contribution in [0.3, 0.4) is 0 Å². The Morgan fingerprint density at radius 3 is 2.34 bits per heavy atom. The number of sulfonamides is 1. The predicted molar refractivity (Wildman–Crippen MR) is 113 cm³/mol. The molecule has 1 aromatic heterocycles. The lowest BCUT2D eigenvalue weighted by atomic mass is 10.2. The minimum Gasteiger partial charge on any atom is -0.368 e. The molecule has 0 atom stereocenters. The monoisotopic (exact) mass is 439 g/mol. The van der Waals surface area contributed by atoms with E-state index in [0.29, 0.717) is 44.3 Å². The van der Waals surface area contributed by atoms with Crippen molar-refractivity contribution >= 4 is 33.2 Å². The van der Waals surface area contributed by atoms with Crippen LogP contribution in [0.4, 0.5) is 5.69 Å². The Bertz CT molecular complexity index is 979. The molecule has 0 spiro atoms. The first-order valence-electron chi connectivity index (χ1n) is 9.62. The molecule has 0 N–H and O–H groups in total. The first-order chi connectivity index (χ1) is 13.8. The largest absolute Gasteiger partial charge is 0.368 e. The second-order valence-corrected chi connectivity index (χ2v) is 9.10. The van der Waals surface area contributed by atoms with E-state index in [0.717, 1.165) is 5.69 Å². The molecule has 0 saturated carbocycles. The standard InChI is InChI=1S/C19H26ClN5O3S/c1-4-23(5-2)19(26)15-14-22(3)21-18(15)29(27,28)25-12-10-24(11-13-25)17-9-7-6-8-16(17)20/h6-9,14H,4-5,10-13H2,1-3H3. The normalized spacial score (nSPS) is 15.5. The minimum absolute atomic E-state index is 0.115. The molecule has 8 nitrogen and oxygen atoms in total. The van der Waals surface area contributed by atoms with Gasteiger partial charge in [-0.05, 0) is 26.0 Å². The highest BCUT2D eigenvalue weighted by Crippen LogP contribution is 2.28. The molecule has 1 saturated heterocycles. The Morgan fingerprint density at radius 1 is 1.14 bits per heavy atom. The highest BCUT2D eigenvalue weighted by atomic mass is 35.5. The van der Waals surface area contributed by atoms with Crippen molar-refractivity contribution in [1.29, 1.82) is 0 Å². The Morgan fingerprint density at radius 2 is 1.76 bits per heavy atom. The molecule has 2 aromatic rings. The maximum absolute atomic E-state index is 13.3. The van der Waals surface area contributed by atoms with E-state index >= 15 is 0 Å². The van der Waals surface area contributed by atoms with Gasteiger partial charge in [0.05, 0.1) is 16.3 Å². The minimum atomic E-state index is -3.89. The lowest BCUT2D eigenvalue weighted by molar-refractivity contribution is 0.0769. The van der Waals surface area contributed by atoms with Gasteiger partial charge in [0.15, 0.2) is 0 Å². The molecule has 0 radical (unpaired) electrons. The molecule has 1 fully saturated rings. The van der Waals surface area contributed by atoms with Crippen LogP contribution < -0.4 is 4.90 Å². The van der Waals surface area contributed by atoms with Crippen molar-refractivity contribution in [3.05, 3.63) is 41.0 Å². The van der Waals surface area contributed by atoms with Crippen LogP contribution in [-0.4, -0.2) is 72.6 Å². The average molecular weight is 440 g/mol. The van der Waals surface area contributed by atoms with Gasteiger partial charge in [0.2, 0.25) is 5.03 Å². The molecule has 0 bridgehead atoms. The molecule has 1 aliphatic rings. The van der Waals surface area contributed by atoms with Gasteiger partial charge in [-0.1, -0.05) is 23.7 Å². The third kappa shape index (κ3) is 4.26. The predicted octanol–water partition coefficient (Wildman–Crippen LogP) is 2.07. The van der Waals surface area contributed by atoms with Gasteiger partial charge >= 0.3 is 0 Å². The van der Waals surface area contributed by atoms with Crippen LogP contribution >= 0.6 is 11.6 Å². The van der Waals surface area contributed by atoms with Gasteiger partial charge in [-0.2, -0.15) is 9.40 Å². The van der Waals surface area contributed by atoms with Gasteiger partial charge in [0.1, 0.15) is 0 Å². The van der Waals surface area contributed by atoms with E-state index in [1.54, 1.807) is 11.9 Å². The maximum Gasteiger partial charge on any atom is 0.263 e. The topological polar surface area (TPSA) is 78.8 Å². The number of piperazine rings is 1. The molecule has 158 valence electrons. The van der Waals surface area contributed by atoms with Gasteiger partial charge in [-0.3, -0.25) is 9.48 Å². The molecule has 0 unspecified atom stereocenters. The number of anilines is 1. The first-order valence-corrected chi connectivity index (χ1v) is 11.4. The number of aromatic nitrogens is 2. The zero-order chi connectivity index (χ0) is 21.2. The van der Waals surface area contributed by atoms with Gasteiger partial charge in [-0.15, -0.1) is 0 Å². The van der Waals surface area contributed by atoms with Crippen LogP contribution in [0.1, 0.15) is 24.2 Å². The second-order valence-electron chi connectivity index (χ2n) is 6.84. The summed E-state index contributed by atoms with van der Waals surface area (Å²) in [6.07, 6.45) is 1.48. The molecule has 2 heterocycles. The molecular weight excluding hydrogens is 414 g/mol. The summed E-state index contributed by atoms with van der Waals surface area (Å²) in [7, 11) is -2.27. The van der Waals surface area contributed by atoms with E-state index < -0.39 is 10.0 Å². The first kappa shape index (κ1) is 21.6. The summed E-state index contributed by atoms with van der Waals surface area (Å²) in [5.74, 6) is -0.323. The number of rotatable bonds is 6. The van der Waals surface area contributed by atoms with Crippen molar-refractivity contribution in [2.45, 2.75) is 18.9 Å². The molecule has 10 heteroatoms. The number of amides is 1. The number of carbonyl (C=O) groups excluding carboxylic acids is 1. The third-order valence-corrected chi connectivity index (χ3v) is 7.25. The molecule has 0 aliphatic carbocycles. The van der Waals surface area contributed by atoms with Crippen LogP contribution in [0.5, 0.6) is 0 Å². The van der Waals surface area contributed by atoms with Crippen LogP contribution in [0.15, 0.2) is 35.5 Å². The number of nitrogens with zero attached hydrogens (tertiary/aromatic N) is 5. The average Bonchev–Trinajstić information content (AvgIpc) is 3.12. The zero-order valence-electron chi connectivity index (χ0n) is 16.9. The summed E-state index contributed by atoms with van der Waals surface area (Å²) in [5, 5.41) is 4.59. The fraction of sp³-hybridized carbons (Fsp3) is 0.474. The quantitative estimate of drug-likeness (QED) is 0.688. The fourth-order valence-corrected chi connectivity index (χ4v) is 5.28. The molecule has 1 aromatic carbocycles. The molecule has 3 rings (SSSR count). The summed E-state index contributed by atoms with van der Waals surface area (Å²) in [6, 6.07) is 7.51. The Labute approximate surface area is 176 Å². The second kappa shape index (κ2) is 8.73. The van der Waals surface area contributed by atoms with Crippen molar-refractivity contribution in [3.8, 4) is 0 Å². The number of para-hydroxylation sites is 1. The number of carbonyl (C=O) groups is 1. The molecule has 29 heavy (non-hydrogen) atoms. The Kier molecular flexibility index (Phi) is 6.50. The highest BCUT2D eigenvalue weighted by Gasteiger charge is 2.35. The van der Waals surface area contributed by atoms with Crippen molar-refractivity contribution in [2.24, 2.45) is 7.05 Å². The SMILES string of the molecule is CCN(CC)C(=O)c1cn(C)nc1S(=O)(=O)N1CCN(c2ccccc2Cl)CC1. The number of halogens is 1. The molecule has 1 aliphatic heterocycles. The van der Waals surface area contributed by atoms with Gasteiger partial charge < -0.3 is 9.80 Å². The van der Waals surface area contributed by atoms with Gasteiger partial charge in [-0.25, -0.2) is 8.42 Å². The van der Waals surface area contributed by atoms with Crippen molar-refractivity contribution < 1.29 is 13.2 Å². The van der Waals surface area contributed by atoms with Gasteiger partial charge in [0, 0.05) is 52.5 Å². The number of hydrogen-bond acceptors (Lipinski definition) is 5. The van der Waals surface area contributed by atoms with E-state index in [1.807, 2.05) is 38.1 Å². The maximum atomic E-state index is 13.3. The van der Waals surface area contributed by atoms with Gasteiger partial charge in [0.25, 0.3) is 15.9 Å². The molecular formula is C19H26ClN5O3S. The lowest BCUT2D eigenvalue weighted by Crippen LogP contribution is -2.49. The van der Waals surface area contributed by atoms with E-state index in [1.165, 1.54) is 15.2 Å². The van der Waals surface area contributed by atoms with E-state index in [-0.39, 0.29) is 16.5 Å². The smallest absolute Gasteiger partial charge is 0.263 e. The zero-order valence-corrected chi connectivity index (χ0v) is 18.4. The van der Waals surface area contributed by atoms with Crippen molar-refractivity contribution in [3.63, 3.8) is 0 Å². The summed E-state index contributed by atoms with van der Waals surface area (Å²) < 4.78 is 29.3. The summed E-state index contributed by atoms with van der Waals surface area (Å²) in [4.78, 5) is 16.5.